The highest BCUT2D eigenvalue weighted by molar-refractivity contribution is 5.98. The van der Waals surface area contributed by atoms with Crippen LogP contribution in [0.1, 0.15) is 43.1 Å². The Kier molecular flexibility index (Phi) is 8.63. The average Bonchev–Trinajstić information content (AvgIpc) is 3.29. The van der Waals surface area contributed by atoms with Crippen LogP contribution in [0.4, 0.5) is 4.79 Å². The topological polar surface area (TPSA) is 136 Å². The lowest BCUT2D eigenvalue weighted by atomic mass is 10.0. The molecule has 0 aliphatic carbocycles. The van der Waals surface area contributed by atoms with E-state index in [-0.39, 0.29) is 30.1 Å². The second-order valence-electron chi connectivity index (χ2n) is 11.0. The van der Waals surface area contributed by atoms with E-state index in [9.17, 15) is 24.3 Å². The molecule has 1 saturated heterocycles. The molecule has 11 heteroatoms. The Morgan fingerprint density at radius 3 is 2.38 bits per heavy atom. The number of Topliss-reactive ketones (excluding diaryl/α,β-unsaturated/α-hetero) is 1. The van der Waals surface area contributed by atoms with Gasteiger partial charge in [-0.1, -0.05) is 12.1 Å². The monoisotopic (exact) mass is 552 g/mol. The number of H-pyrrole nitrogens is 1. The molecule has 1 atom stereocenters. The minimum atomic E-state index is -1.17. The molecular weight excluding hydrogens is 516 g/mol. The molecule has 1 fully saturated rings. The zero-order valence-electron chi connectivity index (χ0n) is 23.3. The zero-order chi connectivity index (χ0) is 29.0. The normalized spacial score (nSPS) is 15.2. The Hall–Kier alpha value is -4.12. The van der Waals surface area contributed by atoms with E-state index in [1.807, 2.05) is 45.0 Å². The van der Waals surface area contributed by atoms with Crippen LogP contribution in [-0.2, 0) is 11.2 Å². The lowest BCUT2D eigenvalue weighted by Crippen LogP contribution is -2.55. The van der Waals surface area contributed by atoms with Gasteiger partial charge in [0.2, 0.25) is 5.91 Å². The van der Waals surface area contributed by atoms with E-state index in [4.69, 9.17) is 9.15 Å². The number of aromatic nitrogens is 1. The number of rotatable bonds is 9. The van der Waals surface area contributed by atoms with Crippen molar-refractivity contribution in [2.24, 2.45) is 0 Å². The molecule has 2 amide bonds. The van der Waals surface area contributed by atoms with Gasteiger partial charge in [-0.2, -0.15) is 0 Å². The van der Waals surface area contributed by atoms with Crippen LogP contribution in [0, 0.1) is 0 Å². The molecule has 0 saturated carbocycles. The van der Waals surface area contributed by atoms with Crippen LogP contribution in [0.15, 0.2) is 51.7 Å². The van der Waals surface area contributed by atoms with Gasteiger partial charge in [0.15, 0.2) is 11.4 Å². The molecule has 0 spiro atoms. The van der Waals surface area contributed by atoms with Crippen molar-refractivity contribution in [3.63, 3.8) is 0 Å². The Balaban J connectivity index is 1.32. The lowest BCUT2D eigenvalue weighted by Gasteiger charge is -2.37. The number of carboxylic acid groups (broad SMARTS) is 1. The van der Waals surface area contributed by atoms with Gasteiger partial charge >= 0.3 is 11.8 Å². The summed E-state index contributed by atoms with van der Waals surface area (Å²) >= 11 is 0. The van der Waals surface area contributed by atoms with Gasteiger partial charge in [-0.25, -0.2) is 9.59 Å². The van der Waals surface area contributed by atoms with Crippen molar-refractivity contribution in [2.45, 2.75) is 45.3 Å². The van der Waals surface area contributed by atoms with E-state index in [1.54, 1.807) is 23.1 Å². The van der Waals surface area contributed by atoms with Gasteiger partial charge in [-0.05, 0) is 56.7 Å². The molecule has 214 valence electrons. The van der Waals surface area contributed by atoms with Crippen molar-refractivity contribution in [3.8, 4) is 5.75 Å². The number of hydrogen-bond acceptors (Lipinski definition) is 7. The van der Waals surface area contributed by atoms with E-state index < -0.39 is 17.9 Å². The molecule has 11 nitrogen and oxygen atoms in total. The smallest absolute Gasteiger partial charge is 0.417 e. The van der Waals surface area contributed by atoms with E-state index in [2.05, 4.69) is 9.88 Å². The minimum Gasteiger partial charge on any atom is -0.488 e. The van der Waals surface area contributed by atoms with E-state index >= 15 is 0 Å². The Bertz CT molecular complexity index is 1410. The summed E-state index contributed by atoms with van der Waals surface area (Å²) in [7, 11) is 1.42. The van der Waals surface area contributed by atoms with Crippen LogP contribution in [0.5, 0.6) is 5.75 Å². The van der Waals surface area contributed by atoms with Gasteiger partial charge in [0, 0.05) is 58.2 Å². The van der Waals surface area contributed by atoms with Crippen molar-refractivity contribution in [2.75, 3.05) is 39.8 Å². The number of oxazole rings is 1. The molecule has 40 heavy (non-hydrogen) atoms. The van der Waals surface area contributed by atoms with Gasteiger partial charge in [0.05, 0.1) is 5.52 Å². The summed E-state index contributed by atoms with van der Waals surface area (Å²) in [5.41, 5.74) is 1.86. The molecule has 1 aromatic heterocycles. The molecular formula is C29H36N4O7. The molecule has 3 aromatic rings. The lowest BCUT2D eigenvalue weighted by molar-refractivity contribution is -0.137. The van der Waals surface area contributed by atoms with Crippen LogP contribution < -0.4 is 10.5 Å². The molecule has 1 aliphatic heterocycles. The van der Waals surface area contributed by atoms with Crippen molar-refractivity contribution in [3.05, 3.63) is 64.1 Å². The van der Waals surface area contributed by atoms with Crippen LogP contribution in [0.25, 0.3) is 11.1 Å². The number of ether oxygens (including phenoxy) is 1. The second-order valence-corrected chi connectivity index (χ2v) is 11.0. The molecule has 1 aliphatic rings. The molecule has 2 N–H and O–H groups in total. The van der Waals surface area contributed by atoms with E-state index in [0.29, 0.717) is 55.1 Å². The standard InChI is InChI=1S/C29H36N4O7/c1-29(2,3)40-21-8-5-19(6-9-21)17-23(31(4)28(37)38)26(35)33-15-13-32(14-16-33)12-11-24(34)20-7-10-22-25(18-20)39-27(36)30-22/h5-10,18,23H,11-17H2,1-4H3,(H,30,36)(H,37,38)/t23-/m0/s1. The Morgan fingerprint density at radius 1 is 1.07 bits per heavy atom. The number of ketones is 1. The number of likely N-dealkylation sites (N-methyl/N-ethyl adjacent to an activating group) is 1. The fourth-order valence-electron chi connectivity index (χ4n) is 4.72. The molecule has 0 radical (unpaired) electrons. The first-order valence-corrected chi connectivity index (χ1v) is 13.3. The van der Waals surface area contributed by atoms with Gasteiger partial charge in [-0.3, -0.25) is 24.4 Å². The maximum atomic E-state index is 13.5. The first-order chi connectivity index (χ1) is 18.9. The summed E-state index contributed by atoms with van der Waals surface area (Å²) in [5.74, 6) is -0.160. The van der Waals surface area contributed by atoms with Gasteiger partial charge in [0.1, 0.15) is 17.4 Å². The molecule has 0 bridgehead atoms. The summed E-state index contributed by atoms with van der Waals surface area (Å²) in [6.07, 6.45) is -0.633. The highest BCUT2D eigenvalue weighted by atomic mass is 16.5. The largest absolute Gasteiger partial charge is 0.488 e. The number of hydrogen-bond donors (Lipinski definition) is 2. The van der Waals surface area contributed by atoms with Gasteiger partial charge in [0.25, 0.3) is 0 Å². The quantitative estimate of drug-likeness (QED) is 0.386. The number of benzene rings is 2. The molecule has 2 aromatic carbocycles. The van der Waals surface area contributed by atoms with Crippen molar-refractivity contribution in [1.82, 2.24) is 19.7 Å². The summed E-state index contributed by atoms with van der Waals surface area (Å²) in [4.78, 5) is 56.7. The van der Waals surface area contributed by atoms with Gasteiger partial charge in [-0.15, -0.1) is 0 Å². The molecule has 0 unspecified atom stereocenters. The van der Waals surface area contributed by atoms with Crippen molar-refractivity contribution >= 4 is 28.9 Å². The highest BCUT2D eigenvalue weighted by Gasteiger charge is 2.32. The maximum Gasteiger partial charge on any atom is 0.417 e. The fourth-order valence-corrected chi connectivity index (χ4v) is 4.72. The third kappa shape index (κ3) is 7.29. The number of fused-ring (bicyclic) bond motifs is 1. The zero-order valence-corrected chi connectivity index (χ0v) is 23.3. The van der Waals surface area contributed by atoms with Crippen molar-refractivity contribution < 1.29 is 28.6 Å². The number of piperazine rings is 1. The van der Waals surface area contributed by atoms with E-state index in [1.165, 1.54) is 7.05 Å². The second kappa shape index (κ2) is 12.0. The number of amides is 2. The van der Waals surface area contributed by atoms with Gasteiger partial charge < -0.3 is 19.2 Å². The summed E-state index contributed by atoms with van der Waals surface area (Å²) in [5, 5.41) is 9.64. The predicted molar refractivity (Wildman–Crippen MR) is 149 cm³/mol. The minimum absolute atomic E-state index is 0.0636. The Labute approximate surface area is 232 Å². The predicted octanol–water partition coefficient (Wildman–Crippen LogP) is 3.24. The third-order valence-electron chi connectivity index (χ3n) is 6.91. The molecule has 4 rings (SSSR count). The number of aromatic amines is 1. The van der Waals surface area contributed by atoms with E-state index in [0.717, 1.165) is 10.5 Å². The first kappa shape index (κ1) is 28.9. The highest BCUT2D eigenvalue weighted by Crippen LogP contribution is 2.21. The van der Waals surface area contributed by atoms with Crippen LogP contribution in [0.3, 0.4) is 0 Å². The fraction of sp³-hybridized carbons (Fsp3) is 0.448. The summed E-state index contributed by atoms with van der Waals surface area (Å²) in [6, 6.07) is 11.4. The third-order valence-corrected chi connectivity index (χ3v) is 6.91. The number of carbonyl (C=O) groups excluding carboxylic acids is 2. The average molecular weight is 553 g/mol. The first-order valence-electron chi connectivity index (χ1n) is 13.3. The van der Waals surface area contributed by atoms with Crippen LogP contribution in [0.2, 0.25) is 0 Å². The number of nitrogens with zero attached hydrogens (tertiary/aromatic N) is 3. The van der Waals surface area contributed by atoms with Crippen molar-refractivity contribution in [1.29, 1.82) is 0 Å². The number of carbonyl (C=O) groups is 3. The summed E-state index contributed by atoms with van der Waals surface area (Å²) < 4.78 is 10.9. The maximum absolute atomic E-state index is 13.5. The van der Waals surface area contributed by atoms with Crippen LogP contribution in [-0.4, -0.2) is 94.0 Å². The number of nitrogens with one attached hydrogen (secondary N) is 1. The Morgan fingerprint density at radius 2 is 1.75 bits per heavy atom. The van der Waals surface area contributed by atoms with Crippen LogP contribution >= 0.6 is 0 Å². The molecule has 2 heterocycles. The summed E-state index contributed by atoms with van der Waals surface area (Å²) in [6.45, 7) is 8.44. The SMILES string of the molecule is CN(C(=O)O)[C@@H](Cc1ccc(OC(C)(C)C)cc1)C(=O)N1CCN(CCC(=O)c2ccc3[nH]c(=O)oc3c2)CC1.